The molecule has 0 spiro atoms. The van der Waals surface area contributed by atoms with Gasteiger partial charge in [0.05, 0.1) is 4.91 Å². The van der Waals surface area contributed by atoms with Crippen LogP contribution in [0.4, 0.5) is 10.5 Å². The molecule has 0 radical (unpaired) electrons. The quantitative estimate of drug-likeness (QED) is 0.371. The molecule has 1 aromatic heterocycles. The van der Waals surface area contributed by atoms with Crippen molar-refractivity contribution in [1.82, 2.24) is 4.90 Å². The topological polar surface area (TPSA) is 96.7 Å². The molecule has 7 nitrogen and oxygen atoms in total. The molecule has 1 aliphatic heterocycles. The van der Waals surface area contributed by atoms with Gasteiger partial charge in [0.25, 0.3) is 11.1 Å². The van der Waals surface area contributed by atoms with Gasteiger partial charge >= 0.3 is 0 Å². The van der Waals surface area contributed by atoms with Gasteiger partial charge in [0, 0.05) is 27.9 Å². The summed E-state index contributed by atoms with van der Waals surface area (Å²) in [6, 6.07) is 16.9. The van der Waals surface area contributed by atoms with E-state index in [1.807, 2.05) is 0 Å². The van der Waals surface area contributed by atoms with Crippen LogP contribution in [0.5, 0.6) is 0 Å². The molecule has 33 heavy (non-hydrogen) atoms. The van der Waals surface area contributed by atoms with Crippen LogP contribution in [0.2, 0.25) is 5.02 Å². The SMILES string of the molecule is CC(=O)c1ccc(-c2ccc(/C=C3/SC(=O)N(CC(=O)Nc4ccc(Cl)cc4)C3=O)o2)cc1. The van der Waals surface area contributed by atoms with E-state index in [1.165, 1.54) is 13.0 Å². The first kappa shape index (κ1) is 22.6. The standard InChI is InChI=1S/C24H17ClN2O5S/c1-14(28)15-2-4-16(5-3-15)20-11-10-19(32-20)12-21-23(30)27(24(31)33-21)13-22(29)26-18-8-6-17(25)7-9-18/h2-12H,13H2,1H3,(H,26,29)/b21-12+. The maximum atomic E-state index is 12.7. The molecular weight excluding hydrogens is 464 g/mol. The van der Waals surface area contributed by atoms with E-state index in [9.17, 15) is 19.2 Å². The second-order valence-electron chi connectivity index (χ2n) is 7.16. The Morgan fingerprint density at radius 3 is 2.39 bits per heavy atom. The number of anilines is 1. The van der Waals surface area contributed by atoms with Crippen LogP contribution in [-0.2, 0) is 9.59 Å². The number of hydrogen-bond donors (Lipinski definition) is 1. The third-order valence-electron chi connectivity index (χ3n) is 4.78. The summed E-state index contributed by atoms with van der Waals surface area (Å²) in [5.74, 6) is -0.163. The van der Waals surface area contributed by atoms with E-state index in [1.54, 1.807) is 60.7 Å². The van der Waals surface area contributed by atoms with Gasteiger partial charge in [-0.05, 0) is 55.1 Å². The number of amides is 3. The van der Waals surface area contributed by atoms with Crippen molar-refractivity contribution in [2.45, 2.75) is 6.92 Å². The molecule has 1 N–H and O–H groups in total. The average Bonchev–Trinajstić information content (AvgIpc) is 3.36. The number of nitrogens with one attached hydrogen (secondary N) is 1. The first-order valence-electron chi connectivity index (χ1n) is 9.82. The third-order valence-corrected chi connectivity index (χ3v) is 5.94. The Labute approximate surface area is 198 Å². The number of imide groups is 1. The molecule has 0 saturated carbocycles. The summed E-state index contributed by atoms with van der Waals surface area (Å²) in [5, 5.41) is 2.61. The number of ketones is 1. The zero-order valence-corrected chi connectivity index (χ0v) is 18.9. The minimum absolute atomic E-state index is 0.0285. The number of carbonyl (C=O) groups excluding carboxylic acids is 4. The lowest BCUT2D eigenvalue weighted by atomic mass is 10.1. The Hall–Kier alpha value is -3.62. The number of rotatable bonds is 6. The van der Waals surface area contributed by atoms with E-state index >= 15 is 0 Å². The van der Waals surface area contributed by atoms with Gasteiger partial charge in [0.15, 0.2) is 5.78 Å². The highest BCUT2D eigenvalue weighted by Gasteiger charge is 2.36. The summed E-state index contributed by atoms with van der Waals surface area (Å²) in [6.45, 7) is 1.09. The molecule has 3 amide bonds. The summed E-state index contributed by atoms with van der Waals surface area (Å²) in [6.07, 6.45) is 1.47. The molecule has 0 aliphatic carbocycles. The lowest BCUT2D eigenvalue weighted by molar-refractivity contribution is -0.127. The summed E-state index contributed by atoms with van der Waals surface area (Å²) in [4.78, 5) is 49.7. The minimum atomic E-state index is -0.569. The summed E-state index contributed by atoms with van der Waals surface area (Å²) < 4.78 is 5.77. The number of furan rings is 1. The Morgan fingerprint density at radius 1 is 1.03 bits per heavy atom. The highest BCUT2D eigenvalue weighted by molar-refractivity contribution is 8.18. The fourth-order valence-electron chi connectivity index (χ4n) is 3.10. The predicted molar refractivity (Wildman–Crippen MR) is 127 cm³/mol. The van der Waals surface area contributed by atoms with Crippen LogP contribution in [0.1, 0.15) is 23.0 Å². The van der Waals surface area contributed by atoms with Crippen molar-refractivity contribution in [1.29, 1.82) is 0 Å². The van der Waals surface area contributed by atoms with Crippen molar-refractivity contribution in [3.63, 3.8) is 0 Å². The van der Waals surface area contributed by atoms with Crippen molar-refractivity contribution < 1.29 is 23.6 Å². The largest absolute Gasteiger partial charge is 0.457 e. The molecule has 1 saturated heterocycles. The van der Waals surface area contributed by atoms with Gasteiger partial charge in [0.2, 0.25) is 5.91 Å². The number of nitrogens with zero attached hydrogens (tertiary/aromatic N) is 1. The van der Waals surface area contributed by atoms with Gasteiger partial charge in [-0.2, -0.15) is 0 Å². The predicted octanol–water partition coefficient (Wildman–Crippen LogP) is 5.48. The maximum Gasteiger partial charge on any atom is 0.294 e. The van der Waals surface area contributed by atoms with Crippen LogP contribution in [0.3, 0.4) is 0 Å². The highest BCUT2D eigenvalue weighted by Crippen LogP contribution is 2.33. The average molecular weight is 481 g/mol. The van der Waals surface area contributed by atoms with Crippen LogP contribution in [0.25, 0.3) is 17.4 Å². The first-order chi connectivity index (χ1) is 15.8. The Morgan fingerprint density at radius 2 is 1.73 bits per heavy atom. The number of carbonyl (C=O) groups is 4. The van der Waals surface area contributed by atoms with Gasteiger partial charge in [-0.3, -0.25) is 24.1 Å². The molecule has 2 heterocycles. The van der Waals surface area contributed by atoms with Crippen molar-refractivity contribution in [2.24, 2.45) is 0 Å². The van der Waals surface area contributed by atoms with E-state index in [4.69, 9.17) is 16.0 Å². The molecular formula is C24H17ClN2O5S. The minimum Gasteiger partial charge on any atom is -0.457 e. The number of Topliss-reactive ketones (excluding diaryl/α,β-unsaturated/α-hetero) is 1. The van der Waals surface area contributed by atoms with Crippen molar-refractivity contribution in [3.8, 4) is 11.3 Å². The Balaban J connectivity index is 1.43. The van der Waals surface area contributed by atoms with Crippen LogP contribution < -0.4 is 5.32 Å². The lowest BCUT2D eigenvalue weighted by Crippen LogP contribution is -2.36. The van der Waals surface area contributed by atoms with E-state index in [0.29, 0.717) is 27.8 Å². The third kappa shape index (κ3) is 5.24. The molecule has 0 atom stereocenters. The molecule has 2 aromatic carbocycles. The highest BCUT2D eigenvalue weighted by atomic mass is 35.5. The monoisotopic (exact) mass is 480 g/mol. The van der Waals surface area contributed by atoms with Crippen LogP contribution in [0.15, 0.2) is 70.0 Å². The summed E-state index contributed by atoms with van der Waals surface area (Å²) >= 11 is 6.56. The number of halogens is 1. The molecule has 1 fully saturated rings. The summed E-state index contributed by atoms with van der Waals surface area (Å²) in [7, 11) is 0. The fourth-order valence-corrected chi connectivity index (χ4v) is 4.04. The number of thioether (sulfide) groups is 1. The van der Waals surface area contributed by atoms with Gasteiger partial charge in [-0.25, -0.2) is 0 Å². The van der Waals surface area contributed by atoms with Crippen molar-refractivity contribution in [3.05, 3.63) is 81.9 Å². The Bertz CT molecular complexity index is 1280. The van der Waals surface area contributed by atoms with Crippen LogP contribution in [0, 0.1) is 0 Å². The van der Waals surface area contributed by atoms with E-state index in [2.05, 4.69) is 5.32 Å². The molecule has 4 rings (SSSR count). The summed E-state index contributed by atoms with van der Waals surface area (Å²) in [5.41, 5.74) is 1.87. The fraction of sp³-hybridized carbons (Fsp3) is 0.0833. The molecule has 1 aliphatic rings. The van der Waals surface area contributed by atoms with Crippen LogP contribution in [-0.4, -0.2) is 34.3 Å². The van der Waals surface area contributed by atoms with E-state index < -0.39 is 23.6 Å². The van der Waals surface area contributed by atoms with Crippen molar-refractivity contribution >= 4 is 58.0 Å². The van der Waals surface area contributed by atoms with Gasteiger partial charge in [0.1, 0.15) is 18.1 Å². The second-order valence-corrected chi connectivity index (χ2v) is 8.59. The second kappa shape index (κ2) is 9.48. The van der Waals surface area contributed by atoms with Gasteiger partial charge in [-0.1, -0.05) is 35.9 Å². The maximum absolute atomic E-state index is 12.7. The zero-order valence-electron chi connectivity index (χ0n) is 17.3. The molecule has 0 unspecified atom stereocenters. The normalized spacial score (nSPS) is 14.7. The van der Waals surface area contributed by atoms with Gasteiger partial charge in [-0.15, -0.1) is 0 Å². The lowest BCUT2D eigenvalue weighted by Gasteiger charge is -2.12. The van der Waals surface area contributed by atoms with Crippen molar-refractivity contribution in [2.75, 3.05) is 11.9 Å². The van der Waals surface area contributed by atoms with Gasteiger partial charge < -0.3 is 9.73 Å². The number of hydrogen-bond acceptors (Lipinski definition) is 6. The smallest absolute Gasteiger partial charge is 0.294 e. The Kier molecular flexibility index (Phi) is 6.48. The van der Waals surface area contributed by atoms with E-state index in [0.717, 1.165) is 22.2 Å². The zero-order chi connectivity index (χ0) is 23.5. The molecule has 166 valence electrons. The molecule has 9 heteroatoms. The number of benzene rings is 2. The van der Waals surface area contributed by atoms with Crippen LogP contribution >= 0.6 is 23.4 Å². The van der Waals surface area contributed by atoms with E-state index in [-0.39, 0.29) is 10.7 Å². The molecule has 3 aromatic rings. The first-order valence-corrected chi connectivity index (χ1v) is 11.0. The molecule has 0 bridgehead atoms.